The minimum atomic E-state index is -0.350. The molecule has 0 aromatic heterocycles. The molecule has 1 nitrogen and oxygen atoms in total. The first kappa shape index (κ1) is 8.70. The minimum absolute atomic E-state index is 0.234. The highest BCUT2D eigenvalue weighted by atomic mass is 35.5. The van der Waals surface area contributed by atoms with Crippen LogP contribution in [0.5, 0.6) is 0 Å². The molecule has 0 atom stereocenters. The summed E-state index contributed by atoms with van der Waals surface area (Å²) in [5.74, 6) is -0.116. The fourth-order valence-electron chi connectivity index (χ4n) is 1.50. The molecule has 2 rings (SSSR count). The number of rotatable bonds is 2. The second-order valence-corrected chi connectivity index (χ2v) is 3.72. The first-order valence-electron chi connectivity index (χ1n) is 4.16. The first-order chi connectivity index (χ1) is 6.22. The Bertz CT molecular complexity index is 358. The molecule has 0 unspecified atom stereocenters. The van der Waals surface area contributed by atoms with E-state index in [1.807, 2.05) is 0 Å². The van der Waals surface area contributed by atoms with Gasteiger partial charge in [-0.25, -0.2) is 4.39 Å². The van der Waals surface area contributed by atoms with Crippen molar-refractivity contribution >= 4 is 17.9 Å². The Kier molecular flexibility index (Phi) is 2.08. The fourth-order valence-corrected chi connectivity index (χ4v) is 1.72. The van der Waals surface area contributed by atoms with E-state index in [9.17, 15) is 9.18 Å². The van der Waals surface area contributed by atoms with Gasteiger partial charge in [0.15, 0.2) is 0 Å². The van der Waals surface area contributed by atoms with Crippen molar-refractivity contribution in [2.45, 2.75) is 18.8 Å². The summed E-state index contributed by atoms with van der Waals surface area (Å²) in [5, 5.41) is 0.281. The molecule has 0 spiro atoms. The highest BCUT2D eigenvalue weighted by Gasteiger charge is 2.29. The summed E-state index contributed by atoms with van der Waals surface area (Å²) in [6, 6.07) is 2.79. The number of benzene rings is 1. The lowest BCUT2D eigenvalue weighted by Gasteiger charge is -2.04. The molecule has 0 amide bonds. The zero-order valence-corrected chi connectivity index (χ0v) is 7.64. The van der Waals surface area contributed by atoms with E-state index in [1.165, 1.54) is 12.1 Å². The molecule has 1 aromatic carbocycles. The van der Waals surface area contributed by atoms with Crippen LogP contribution >= 0.6 is 11.6 Å². The molecule has 0 N–H and O–H groups in total. The largest absolute Gasteiger partial charge is 0.298 e. The summed E-state index contributed by atoms with van der Waals surface area (Å²) in [4.78, 5) is 10.6. The molecule has 0 saturated heterocycles. The van der Waals surface area contributed by atoms with Crippen molar-refractivity contribution in [3.63, 3.8) is 0 Å². The standard InChI is InChI=1S/C10H8ClFO/c11-8-3-7(5-13)10(6-1-2-6)9(12)4-8/h3-6H,1-2H2. The van der Waals surface area contributed by atoms with Crippen LogP contribution in [0.1, 0.15) is 34.7 Å². The fraction of sp³-hybridized carbons (Fsp3) is 0.300. The topological polar surface area (TPSA) is 17.1 Å². The molecule has 0 bridgehead atoms. The van der Waals surface area contributed by atoms with Gasteiger partial charge in [-0.05, 0) is 30.9 Å². The van der Waals surface area contributed by atoms with Gasteiger partial charge in [-0.1, -0.05) is 11.6 Å². The number of hydrogen-bond donors (Lipinski definition) is 0. The van der Waals surface area contributed by atoms with Gasteiger partial charge in [-0.2, -0.15) is 0 Å². The van der Waals surface area contributed by atoms with Gasteiger partial charge < -0.3 is 0 Å². The lowest BCUT2D eigenvalue weighted by atomic mass is 10.0. The second kappa shape index (κ2) is 3.11. The maximum atomic E-state index is 13.3. The molecule has 0 aliphatic heterocycles. The molecule has 3 heteroatoms. The predicted octanol–water partition coefficient (Wildman–Crippen LogP) is 3.17. The number of carbonyl (C=O) groups excluding carboxylic acids is 1. The molecular formula is C10H8ClFO. The lowest BCUT2D eigenvalue weighted by Crippen LogP contribution is -1.95. The Balaban J connectivity index is 2.56. The molecule has 0 radical (unpaired) electrons. The molecular weight excluding hydrogens is 191 g/mol. The molecule has 68 valence electrons. The first-order valence-corrected chi connectivity index (χ1v) is 4.54. The van der Waals surface area contributed by atoms with Crippen molar-refractivity contribution in [3.05, 3.63) is 34.1 Å². The normalized spacial score (nSPS) is 15.8. The van der Waals surface area contributed by atoms with E-state index in [2.05, 4.69) is 0 Å². The van der Waals surface area contributed by atoms with Crippen molar-refractivity contribution < 1.29 is 9.18 Å². The van der Waals surface area contributed by atoms with Gasteiger partial charge in [-0.3, -0.25) is 4.79 Å². The Labute approximate surface area is 80.5 Å². The van der Waals surface area contributed by atoms with E-state index in [4.69, 9.17) is 11.6 Å². The number of carbonyl (C=O) groups is 1. The third-order valence-electron chi connectivity index (χ3n) is 2.24. The van der Waals surface area contributed by atoms with Crippen molar-refractivity contribution in [1.29, 1.82) is 0 Å². The zero-order valence-electron chi connectivity index (χ0n) is 6.89. The highest BCUT2D eigenvalue weighted by molar-refractivity contribution is 6.30. The van der Waals surface area contributed by atoms with E-state index in [-0.39, 0.29) is 16.8 Å². The molecule has 13 heavy (non-hydrogen) atoms. The van der Waals surface area contributed by atoms with E-state index >= 15 is 0 Å². The summed E-state index contributed by atoms with van der Waals surface area (Å²) in [6.45, 7) is 0. The quantitative estimate of drug-likeness (QED) is 0.668. The summed E-state index contributed by atoms with van der Waals surface area (Å²) in [5.41, 5.74) is 0.937. The van der Waals surface area contributed by atoms with Crippen LogP contribution in [0.25, 0.3) is 0 Å². The van der Waals surface area contributed by atoms with Crippen LogP contribution in [0.3, 0.4) is 0 Å². The smallest absolute Gasteiger partial charge is 0.150 e. The third-order valence-corrected chi connectivity index (χ3v) is 2.46. The SMILES string of the molecule is O=Cc1cc(Cl)cc(F)c1C1CC1. The maximum absolute atomic E-state index is 13.3. The van der Waals surface area contributed by atoms with Gasteiger partial charge in [0.1, 0.15) is 12.1 Å². The van der Waals surface area contributed by atoms with E-state index in [1.54, 1.807) is 0 Å². The summed E-state index contributed by atoms with van der Waals surface area (Å²) >= 11 is 5.63. The highest BCUT2D eigenvalue weighted by Crippen LogP contribution is 2.43. The van der Waals surface area contributed by atoms with Crippen molar-refractivity contribution in [2.75, 3.05) is 0 Å². The van der Waals surface area contributed by atoms with Crippen LogP contribution in [0.15, 0.2) is 12.1 Å². The van der Waals surface area contributed by atoms with E-state index < -0.39 is 0 Å². The van der Waals surface area contributed by atoms with Gasteiger partial charge in [0.05, 0.1) is 0 Å². The van der Waals surface area contributed by atoms with E-state index in [0.29, 0.717) is 17.4 Å². The molecule has 1 aliphatic carbocycles. The predicted molar refractivity (Wildman–Crippen MR) is 48.8 cm³/mol. The molecule has 1 aliphatic rings. The van der Waals surface area contributed by atoms with Crippen LogP contribution in [0, 0.1) is 5.82 Å². The maximum Gasteiger partial charge on any atom is 0.150 e. The third kappa shape index (κ3) is 1.59. The van der Waals surface area contributed by atoms with Gasteiger partial charge in [0, 0.05) is 16.1 Å². The van der Waals surface area contributed by atoms with E-state index in [0.717, 1.165) is 12.8 Å². The van der Waals surface area contributed by atoms with Gasteiger partial charge in [0.2, 0.25) is 0 Å². The van der Waals surface area contributed by atoms with Crippen LogP contribution in [-0.4, -0.2) is 6.29 Å². The van der Waals surface area contributed by atoms with Crippen LogP contribution in [0.4, 0.5) is 4.39 Å². The summed E-state index contributed by atoms with van der Waals surface area (Å²) in [6.07, 6.45) is 2.61. The van der Waals surface area contributed by atoms with Crippen LogP contribution < -0.4 is 0 Å². The average Bonchev–Trinajstić information content (AvgIpc) is 2.86. The molecule has 0 heterocycles. The van der Waals surface area contributed by atoms with Crippen LogP contribution in [-0.2, 0) is 0 Å². The van der Waals surface area contributed by atoms with Crippen molar-refractivity contribution in [3.8, 4) is 0 Å². The molecule has 1 aromatic rings. The summed E-state index contributed by atoms with van der Waals surface area (Å²) in [7, 11) is 0. The van der Waals surface area contributed by atoms with Crippen molar-refractivity contribution in [1.82, 2.24) is 0 Å². The van der Waals surface area contributed by atoms with Gasteiger partial charge >= 0.3 is 0 Å². The van der Waals surface area contributed by atoms with Crippen LogP contribution in [0.2, 0.25) is 5.02 Å². The monoisotopic (exact) mass is 198 g/mol. The summed E-state index contributed by atoms with van der Waals surface area (Å²) < 4.78 is 13.3. The minimum Gasteiger partial charge on any atom is -0.298 e. The second-order valence-electron chi connectivity index (χ2n) is 3.28. The Morgan fingerprint density at radius 2 is 2.15 bits per heavy atom. The zero-order chi connectivity index (χ0) is 9.42. The number of hydrogen-bond acceptors (Lipinski definition) is 1. The average molecular weight is 199 g/mol. The number of halogens is 2. The molecule has 1 saturated carbocycles. The van der Waals surface area contributed by atoms with Crippen molar-refractivity contribution in [2.24, 2.45) is 0 Å². The Hall–Kier alpha value is -0.890. The lowest BCUT2D eigenvalue weighted by molar-refractivity contribution is 0.112. The molecule has 1 fully saturated rings. The Morgan fingerprint density at radius 1 is 1.46 bits per heavy atom. The number of aldehydes is 1. The Morgan fingerprint density at radius 3 is 2.69 bits per heavy atom. The van der Waals surface area contributed by atoms with Gasteiger partial charge in [-0.15, -0.1) is 0 Å². The van der Waals surface area contributed by atoms with Gasteiger partial charge in [0.25, 0.3) is 0 Å².